The predicted octanol–water partition coefficient (Wildman–Crippen LogP) is 4.02. The summed E-state index contributed by atoms with van der Waals surface area (Å²) in [5.74, 6) is -0.496. The summed E-state index contributed by atoms with van der Waals surface area (Å²) in [4.78, 5) is 16.4. The van der Waals surface area contributed by atoms with E-state index in [1.165, 1.54) is 0 Å². The van der Waals surface area contributed by atoms with Crippen molar-refractivity contribution in [3.05, 3.63) is 64.7 Å². The van der Waals surface area contributed by atoms with Gasteiger partial charge in [0, 0.05) is 54.6 Å². The van der Waals surface area contributed by atoms with Crippen LogP contribution < -0.4 is 10.2 Å². The molecule has 2 aromatic carbocycles. The second kappa shape index (κ2) is 11.8. The van der Waals surface area contributed by atoms with Crippen LogP contribution in [0.25, 0.3) is 0 Å². The van der Waals surface area contributed by atoms with E-state index in [-0.39, 0.29) is 13.1 Å². The topological polar surface area (TPSA) is 59.1 Å². The highest BCUT2D eigenvalue weighted by Crippen LogP contribution is 2.33. The van der Waals surface area contributed by atoms with Crippen LogP contribution in [0, 0.1) is 0 Å². The van der Waals surface area contributed by atoms with Gasteiger partial charge in [0.1, 0.15) is 6.17 Å². The van der Waals surface area contributed by atoms with Gasteiger partial charge in [-0.05, 0) is 24.3 Å². The van der Waals surface area contributed by atoms with Gasteiger partial charge in [-0.1, -0.05) is 35.9 Å². The first-order valence-corrected chi connectivity index (χ1v) is 11.3. The third-order valence-electron chi connectivity index (χ3n) is 5.61. The Hall–Kier alpha value is -2.40. The average molecular weight is 503 g/mol. The van der Waals surface area contributed by atoms with Crippen LogP contribution >= 0.6 is 11.6 Å². The van der Waals surface area contributed by atoms with E-state index >= 15 is 4.48 Å². The molecular weight excluding hydrogens is 476 g/mol. The molecule has 1 amide bonds. The molecule has 0 saturated carbocycles. The first-order valence-electron chi connectivity index (χ1n) is 10.9. The number of rotatable bonds is 9. The number of amides is 1. The van der Waals surface area contributed by atoms with Crippen molar-refractivity contribution < 1.29 is 27.6 Å². The van der Waals surface area contributed by atoms with Gasteiger partial charge in [-0.15, -0.1) is 9.60 Å². The minimum Gasteiger partial charge on any atom is -0.395 e. The molecule has 0 radical (unpaired) electrons. The van der Waals surface area contributed by atoms with Crippen LogP contribution in [0.2, 0.25) is 5.02 Å². The quantitative estimate of drug-likeness (QED) is 0.308. The third kappa shape index (κ3) is 7.30. The summed E-state index contributed by atoms with van der Waals surface area (Å²) in [6.45, 7) is 0.748. The molecule has 0 aliphatic carbocycles. The van der Waals surface area contributed by atoms with E-state index in [0.717, 1.165) is 0 Å². The molecule has 0 bridgehead atoms. The SMILES string of the molecule is O=C(NC(c1ccc(Cl)cc1N1CCN(CCC(F)(F)F)CC1)N(F)CCO)c1ccccc1. The van der Waals surface area contributed by atoms with Crippen LogP contribution in [-0.4, -0.2) is 73.1 Å². The lowest BCUT2D eigenvalue weighted by molar-refractivity contribution is -0.138. The Morgan fingerprint density at radius 2 is 1.79 bits per heavy atom. The van der Waals surface area contributed by atoms with Crippen molar-refractivity contribution in [2.75, 3.05) is 50.8 Å². The van der Waals surface area contributed by atoms with Gasteiger partial charge in [-0.2, -0.15) is 13.2 Å². The van der Waals surface area contributed by atoms with Crippen molar-refractivity contribution >= 4 is 23.2 Å². The summed E-state index contributed by atoms with van der Waals surface area (Å²) in [5.41, 5.74) is 1.34. The smallest absolute Gasteiger partial charge is 0.390 e. The highest BCUT2D eigenvalue weighted by atomic mass is 35.5. The van der Waals surface area contributed by atoms with E-state index in [0.29, 0.717) is 53.1 Å². The van der Waals surface area contributed by atoms with Crippen molar-refractivity contribution in [1.29, 1.82) is 0 Å². The Kier molecular flexibility index (Phi) is 9.12. The molecule has 6 nitrogen and oxygen atoms in total. The maximum absolute atomic E-state index is 15.0. The van der Waals surface area contributed by atoms with Crippen LogP contribution in [0.15, 0.2) is 48.5 Å². The average Bonchev–Trinajstić information content (AvgIpc) is 2.82. The zero-order chi connectivity index (χ0) is 24.7. The number of hydrogen-bond donors (Lipinski definition) is 2. The van der Waals surface area contributed by atoms with Gasteiger partial charge in [0.05, 0.1) is 19.6 Å². The highest BCUT2D eigenvalue weighted by Gasteiger charge is 2.31. The second-order valence-electron chi connectivity index (χ2n) is 7.99. The molecule has 3 rings (SSSR count). The fraction of sp³-hybridized carbons (Fsp3) is 0.435. The molecule has 1 unspecified atom stereocenters. The van der Waals surface area contributed by atoms with E-state index < -0.39 is 31.3 Å². The number of aliphatic hydroxyl groups is 1. The van der Waals surface area contributed by atoms with Crippen molar-refractivity contribution in [2.45, 2.75) is 18.8 Å². The van der Waals surface area contributed by atoms with Gasteiger partial charge >= 0.3 is 6.18 Å². The molecule has 1 saturated heterocycles. The van der Waals surface area contributed by atoms with Crippen LogP contribution in [0.4, 0.5) is 23.3 Å². The minimum absolute atomic E-state index is 0.0791. The van der Waals surface area contributed by atoms with Gasteiger partial charge in [0.2, 0.25) is 0 Å². The molecular formula is C23H27ClF4N4O2. The van der Waals surface area contributed by atoms with E-state index in [9.17, 15) is 23.1 Å². The third-order valence-corrected chi connectivity index (χ3v) is 5.84. The monoisotopic (exact) mass is 502 g/mol. The molecule has 2 aromatic rings. The van der Waals surface area contributed by atoms with E-state index in [1.807, 2.05) is 4.90 Å². The van der Waals surface area contributed by atoms with E-state index in [1.54, 1.807) is 53.4 Å². The Labute approximate surface area is 200 Å². The number of hydrogen-bond acceptors (Lipinski definition) is 5. The number of carbonyl (C=O) groups excluding carboxylic acids is 1. The Balaban J connectivity index is 1.82. The normalized spacial score (nSPS) is 16.0. The molecule has 11 heteroatoms. The number of benzene rings is 2. The van der Waals surface area contributed by atoms with E-state index in [2.05, 4.69) is 5.32 Å². The van der Waals surface area contributed by atoms with Gasteiger partial charge < -0.3 is 15.3 Å². The van der Waals surface area contributed by atoms with Crippen molar-refractivity contribution in [2.24, 2.45) is 0 Å². The number of aliphatic hydroxyl groups excluding tert-OH is 1. The number of halogens is 5. The lowest BCUT2D eigenvalue weighted by atomic mass is 10.1. The Bertz CT molecular complexity index is 940. The molecule has 1 aliphatic rings. The van der Waals surface area contributed by atoms with Crippen LogP contribution in [0.5, 0.6) is 0 Å². The first-order chi connectivity index (χ1) is 16.2. The van der Waals surface area contributed by atoms with Crippen LogP contribution in [0.1, 0.15) is 28.5 Å². The predicted molar refractivity (Wildman–Crippen MR) is 122 cm³/mol. The summed E-state index contributed by atoms with van der Waals surface area (Å²) >= 11 is 6.21. The standard InChI is InChI=1S/C23H27ClF4N4O2/c24-18-6-7-19(20(16-18)31-12-10-30(11-13-31)9-8-23(25,26)27)21(32(28)14-15-33)29-22(34)17-4-2-1-3-5-17/h1-7,16,21,33H,8-15H2,(H,29,34). The number of carbonyl (C=O) groups is 1. The molecule has 186 valence electrons. The first kappa shape index (κ1) is 26.2. The summed E-state index contributed by atoms with van der Waals surface area (Å²) in [6.07, 6.45) is -6.30. The van der Waals surface area contributed by atoms with Gasteiger partial charge in [-0.3, -0.25) is 9.69 Å². The van der Waals surface area contributed by atoms with Crippen LogP contribution in [-0.2, 0) is 0 Å². The number of alkyl halides is 3. The molecule has 0 aromatic heterocycles. The Morgan fingerprint density at radius 1 is 1.12 bits per heavy atom. The maximum atomic E-state index is 15.0. The number of nitrogens with one attached hydrogen (secondary N) is 1. The van der Waals surface area contributed by atoms with Crippen molar-refractivity contribution in [3.63, 3.8) is 0 Å². The maximum Gasteiger partial charge on any atom is 0.390 e. The summed E-state index contributed by atoms with van der Waals surface area (Å²) < 4.78 is 52.7. The summed E-state index contributed by atoms with van der Waals surface area (Å²) in [7, 11) is 0. The highest BCUT2D eigenvalue weighted by molar-refractivity contribution is 6.30. The molecule has 0 spiro atoms. The fourth-order valence-corrected chi connectivity index (χ4v) is 4.01. The lowest BCUT2D eigenvalue weighted by Gasteiger charge is -2.38. The largest absolute Gasteiger partial charge is 0.395 e. The molecule has 34 heavy (non-hydrogen) atoms. The molecule has 2 N–H and O–H groups in total. The number of anilines is 1. The zero-order valence-corrected chi connectivity index (χ0v) is 19.2. The van der Waals surface area contributed by atoms with Gasteiger partial charge in [0.25, 0.3) is 5.91 Å². The molecule has 1 fully saturated rings. The summed E-state index contributed by atoms with van der Waals surface area (Å²) in [6, 6.07) is 13.2. The lowest BCUT2D eigenvalue weighted by Crippen LogP contribution is -2.48. The van der Waals surface area contributed by atoms with Gasteiger partial charge in [0.15, 0.2) is 0 Å². The van der Waals surface area contributed by atoms with Gasteiger partial charge in [-0.25, -0.2) is 0 Å². The molecule has 1 heterocycles. The molecule has 1 aliphatic heterocycles. The zero-order valence-electron chi connectivity index (χ0n) is 18.4. The summed E-state index contributed by atoms with van der Waals surface area (Å²) in [5, 5.41) is 12.7. The minimum atomic E-state index is -4.21. The molecule has 1 atom stereocenters. The van der Waals surface area contributed by atoms with Crippen molar-refractivity contribution in [1.82, 2.24) is 15.3 Å². The Morgan fingerprint density at radius 3 is 2.41 bits per heavy atom. The van der Waals surface area contributed by atoms with Crippen LogP contribution in [0.3, 0.4) is 0 Å². The fourth-order valence-electron chi connectivity index (χ4n) is 3.84. The number of piperazine rings is 1. The number of nitrogens with zero attached hydrogens (tertiary/aromatic N) is 3. The second-order valence-corrected chi connectivity index (χ2v) is 8.42. The van der Waals surface area contributed by atoms with E-state index in [4.69, 9.17) is 11.6 Å². The van der Waals surface area contributed by atoms with Crippen molar-refractivity contribution in [3.8, 4) is 0 Å².